The Morgan fingerprint density at radius 3 is 1.38 bits per heavy atom. The topological polar surface area (TPSA) is 261 Å². The van der Waals surface area contributed by atoms with Crippen molar-refractivity contribution in [2.24, 2.45) is 5.92 Å². The molecule has 0 unspecified atom stereocenters. The van der Waals surface area contributed by atoms with E-state index in [1.807, 2.05) is 0 Å². The largest absolute Gasteiger partial charge is 1.00 e. The van der Waals surface area contributed by atoms with E-state index in [0.717, 1.165) is 5.56 Å². The van der Waals surface area contributed by atoms with E-state index in [1.165, 1.54) is 0 Å². The first-order valence-corrected chi connectivity index (χ1v) is 18.4. The Bertz CT molecular complexity index is 1870. The van der Waals surface area contributed by atoms with Gasteiger partial charge in [-0.2, -0.15) is 0 Å². The number of aliphatic hydroxyl groups excluding tert-OH is 12. The Morgan fingerprint density at radius 1 is 0.517 bits per heavy atom. The summed E-state index contributed by atoms with van der Waals surface area (Å²) in [4.78, 5) is 0. The minimum Gasteiger partial charge on any atom is -1.00 e. The number of ether oxygens (including phenoxy) is 2. The quantitative estimate of drug-likeness (QED) is 0.0822. The number of terminal acetylenes is 1. The summed E-state index contributed by atoms with van der Waals surface area (Å²) in [6.45, 7) is -1.26. The molecule has 6 rings (SSSR count). The molecule has 0 bridgehead atoms. The summed E-state index contributed by atoms with van der Waals surface area (Å²) < 4.78 is 11.0. The zero-order valence-corrected chi connectivity index (χ0v) is 34.8. The van der Waals surface area contributed by atoms with E-state index < -0.39 is 104 Å². The summed E-state index contributed by atoms with van der Waals surface area (Å²) in [5.41, 5.74) is 3.68. The van der Waals surface area contributed by atoms with E-state index >= 15 is 0 Å². The van der Waals surface area contributed by atoms with Gasteiger partial charge in [0.2, 0.25) is 0 Å². The maximum absolute atomic E-state index is 10.5. The van der Waals surface area contributed by atoms with Crippen LogP contribution in [0.25, 0.3) is 0 Å². The van der Waals surface area contributed by atoms with E-state index in [2.05, 4.69) is 29.6 Å². The first-order valence-electron chi connectivity index (χ1n) is 18.4. The van der Waals surface area contributed by atoms with Gasteiger partial charge in [-0.1, -0.05) is 54.2 Å². The second-order valence-electron chi connectivity index (χ2n) is 14.3. The van der Waals surface area contributed by atoms with E-state index in [1.54, 1.807) is 72.8 Å². The molecule has 14 nitrogen and oxygen atoms in total. The van der Waals surface area contributed by atoms with Crippen LogP contribution >= 0.6 is 0 Å². The van der Waals surface area contributed by atoms with Crippen LogP contribution in [0.2, 0.25) is 0 Å². The third kappa shape index (κ3) is 11.2. The molecule has 0 amide bonds. The van der Waals surface area contributed by atoms with Crippen LogP contribution in [0.3, 0.4) is 0 Å². The molecule has 1 saturated carbocycles. The third-order valence-electron chi connectivity index (χ3n) is 10.6. The first kappa shape index (κ1) is 48.1. The zero-order chi connectivity index (χ0) is 41.4. The maximum Gasteiger partial charge on any atom is 1.00 e. The van der Waals surface area contributed by atoms with Crippen molar-refractivity contribution in [1.82, 2.24) is 0 Å². The van der Waals surface area contributed by atoms with Gasteiger partial charge in [-0.25, -0.2) is 0 Å². The van der Waals surface area contributed by atoms with Crippen molar-refractivity contribution in [1.29, 1.82) is 0 Å². The SMILES string of the molecule is C#Cc1cccc([C@H]2O[C@H](CO)[C@@H](O)[C@H](O)[C@@H]2O)c1.OC[C@H]1C[C@H](c2cccc(C#CC#Cc3cccc([C@H]4O[C@H](CO)[C@@H](O)[C@H](O)[C@@H]4O)c3)c2)[C@@H](O)[C@@H](O)[C@@H]1O.[H-].[K+]. The molecule has 3 aromatic rings. The maximum atomic E-state index is 10.5. The van der Waals surface area contributed by atoms with Gasteiger partial charge in [-0.05, 0) is 71.4 Å². The Hall–Kier alpha value is -2.58. The van der Waals surface area contributed by atoms with Crippen LogP contribution in [0.4, 0.5) is 0 Å². The zero-order valence-electron chi connectivity index (χ0n) is 32.7. The van der Waals surface area contributed by atoms with Gasteiger partial charge in [-0.3, -0.25) is 0 Å². The van der Waals surface area contributed by atoms with Crippen molar-refractivity contribution in [2.75, 3.05) is 19.8 Å². The van der Waals surface area contributed by atoms with E-state index in [9.17, 15) is 56.2 Å². The molecule has 12 N–H and O–H groups in total. The molecule has 3 aromatic carbocycles. The predicted octanol–water partition coefficient (Wildman–Crippen LogP) is -4.92. The van der Waals surface area contributed by atoms with Crippen molar-refractivity contribution in [3.05, 3.63) is 106 Å². The second-order valence-corrected chi connectivity index (χ2v) is 14.3. The second kappa shape index (κ2) is 22.3. The van der Waals surface area contributed by atoms with E-state index in [0.29, 0.717) is 34.2 Å². The Kier molecular flexibility index (Phi) is 18.5. The molecule has 2 saturated heterocycles. The van der Waals surface area contributed by atoms with Crippen LogP contribution in [-0.2, 0) is 9.47 Å². The number of hydrogen-bond acceptors (Lipinski definition) is 14. The summed E-state index contributed by atoms with van der Waals surface area (Å²) in [5, 5.41) is 119. The van der Waals surface area contributed by atoms with Gasteiger partial charge >= 0.3 is 51.4 Å². The van der Waals surface area contributed by atoms with Crippen molar-refractivity contribution in [2.45, 2.75) is 91.7 Å². The summed E-state index contributed by atoms with van der Waals surface area (Å²) in [6, 6.07) is 20.7. The van der Waals surface area contributed by atoms with Gasteiger partial charge in [0.05, 0.1) is 25.4 Å². The van der Waals surface area contributed by atoms with Crippen LogP contribution < -0.4 is 51.4 Å². The molecule has 2 aliphatic heterocycles. The molecule has 0 radical (unpaired) electrons. The molecule has 58 heavy (non-hydrogen) atoms. The van der Waals surface area contributed by atoms with Gasteiger partial charge in [-0.15, -0.1) is 6.42 Å². The van der Waals surface area contributed by atoms with Crippen LogP contribution in [0.5, 0.6) is 0 Å². The minimum atomic E-state index is -1.47. The van der Waals surface area contributed by atoms with E-state index in [4.69, 9.17) is 21.0 Å². The molecular weight excluding hydrogens is 780 g/mol. The van der Waals surface area contributed by atoms with Crippen LogP contribution in [-0.4, -0.2) is 148 Å². The molecule has 3 aliphatic rings. The summed E-state index contributed by atoms with van der Waals surface area (Å²) in [6.07, 6.45) is -10.1. The van der Waals surface area contributed by atoms with Gasteiger partial charge in [0.25, 0.3) is 0 Å². The Balaban J connectivity index is 0.000000374. The van der Waals surface area contributed by atoms with Crippen molar-refractivity contribution < 1.29 is 124 Å². The molecule has 3 fully saturated rings. The summed E-state index contributed by atoms with van der Waals surface area (Å²) >= 11 is 0. The number of rotatable bonds is 6. The molecule has 306 valence electrons. The van der Waals surface area contributed by atoms with Crippen LogP contribution in [0.15, 0.2) is 72.8 Å². The fraction of sp³-hybridized carbons (Fsp3) is 0.442. The Labute approximate surface area is 380 Å². The minimum absolute atomic E-state index is 0. The van der Waals surface area contributed by atoms with Crippen molar-refractivity contribution in [3.63, 3.8) is 0 Å². The standard InChI is InChI=1S/C29H32O9.C14H16O5.K.H/c30-14-20-13-21(24(33)26(35)23(20)32)18-9-3-7-16(11-18)5-1-2-6-17-8-4-10-19(12-17)29-28(37)27(36)25(34)22(15-31)38-29;1-2-8-4-3-5-9(6-8)14-13(18)12(17)11(16)10(7-15)19-14;;/h3-4,7-12,20-37H,13-15H2;1,3-6,10-18H,7H2;;/q;;+1;-1/t20-,21-,22-,23-,24-,25-,26+,27+,28+,29-;10-,11-,12+,13+,14-;;/m11../s1. The van der Waals surface area contributed by atoms with Crippen molar-refractivity contribution >= 4 is 0 Å². The van der Waals surface area contributed by atoms with Crippen molar-refractivity contribution in [3.8, 4) is 36.0 Å². The van der Waals surface area contributed by atoms with E-state index in [-0.39, 0.29) is 59.4 Å². The molecule has 15 heteroatoms. The number of benzene rings is 3. The summed E-state index contributed by atoms with van der Waals surface area (Å²) in [5.74, 6) is 12.9. The molecule has 15 atom stereocenters. The molecule has 0 spiro atoms. The number of hydrogen-bond donors (Lipinski definition) is 12. The average molecular weight is 829 g/mol. The molecular formula is C43H49KO14. The first-order chi connectivity index (χ1) is 27.3. The molecule has 0 aromatic heterocycles. The average Bonchev–Trinajstić information content (AvgIpc) is 3.23. The van der Waals surface area contributed by atoms with Crippen LogP contribution in [0, 0.1) is 41.9 Å². The van der Waals surface area contributed by atoms with Gasteiger partial charge < -0.3 is 72.2 Å². The van der Waals surface area contributed by atoms with Crippen LogP contribution in [0.1, 0.15) is 59.4 Å². The predicted molar refractivity (Wildman–Crippen MR) is 204 cm³/mol. The van der Waals surface area contributed by atoms with Gasteiger partial charge in [0, 0.05) is 35.1 Å². The normalized spacial score (nSPS) is 34.3. The Morgan fingerprint density at radius 2 is 0.931 bits per heavy atom. The molecule has 1 aliphatic carbocycles. The van der Waals surface area contributed by atoms with Gasteiger partial charge in [0.15, 0.2) is 0 Å². The monoisotopic (exact) mass is 828 g/mol. The van der Waals surface area contributed by atoms with Gasteiger partial charge in [0.1, 0.15) is 67.1 Å². The number of aliphatic hydroxyl groups is 12. The summed E-state index contributed by atoms with van der Waals surface area (Å²) in [7, 11) is 0. The smallest absolute Gasteiger partial charge is 1.00 e. The molecule has 2 heterocycles. The third-order valence-corrected chi connectivity index (χ3v) is 10.6. The fourth-order valence-corrected chi connectivity index (χ4v) is 7.25. The fourth-order valence-electron chi connectivity index (χ4n) is 7.25.